The van der Waals surface area contributed by atoms with Crippen LogP contribution in [0.4, 0.5) is 0 Å². The van der Waals surface area contributed by atoms with Crippen molar-refractivity contribution in [2.45, 2.75) is 0 Å². The molecule has 0 bridgehead atoms. The SMILES string of the molecule is [c-]1cc(-c2ccccc2)ccc1-c1ccccn1. The molecule has 0 fully saturated rings. The first-order chi connectivity index (χ1) is 8.93. The highest BCUT2D eigenvalue weighted by molar-refractivity contribution is 5.68. The van der Waals surface area contributed by atoms with Crippen LogP contribution in [0.2, 0.25) is 0 Å². The molecule has 0 atom stereocenters. The van der Waals surface area contributed by atoms with Crippen LogP contribution in [0.1, 0.15) is 0 Å². The van der Waals surface area contributed by atoms with Crippen LogP contribution in [0.5, 0.6) is 0 Å². The van der Waals surface area contributed by atoms with Gasteiger partial charge in [0.15, 0.2) is 0 Å². The lowest BCUT2D eigenvalue weighted by molar-refractivity contribution is 1.32. The average Bonchev–Trinajstić information content (AvgIpc) is 2.49. The van der Waals surface area contributed by atoms with Crippen molar-refractivity contribution in [1.82, 2.24) is 4.98 Å². The summed E-state index contributed by atoms with van der Waals surface area (Å²) in [5, 5.41) is 0. The molecular formula is C17H12N-. The van der Waals surface area contributed by atoms with E-state index in [9.17, 15) is 0 Å². The number of nitrogens with zero attached hydrogens (tertiary/aromatic N) is 1. The molecular weight excluding hydrogens is 218 g/mol. The zero-order valence-electron chi connectivity index (χ0n) is 9.88. The summed E-state index contributed by atoms with van der Waals surface area (Å²) in [6, 6.07) is 25.7. The van der Waals surface area contributed by atoms with E-state index in [1.54, 1.807) is 6.20 Å². The van der Waals surface area contributed by atoms with E-state index >= 15 is 0 Å². The van der Waals surface area contributed by atoms with Crippen molar-refractivity contribution in [1.29, 1.82) is 0 Å². The molecule has 1 aromatic heterocycles. The summed E-state index contributed by atoms with van der Waals surface area (Å²) in [6.45, 7) is 0. The fourth-order valence-corrected chi connectivity index (χ4v) is 1.92. The molecule has 0 aliphatic rings. The fraction of sp³-hybridized carbons (Fsp3) is 0. The highest BCUT2D eigenvalue weighted by Crippen LogP contribution is 2.22. The van der Waals surface area contributed by atoms with Crippen molar-refractivity contribution in [2.75, 3.05) is 0 Å². The Kier molecular flexibility index (Phi) is 2.89. The number of aromatic nitrogens is 1. The summed E-state index contributed by atoms with van der Waals surface area (Å²) in [7, 11) is 0. The van der Waals surface area contributed by atoms with Gasteiger partial charge in [0.1, 0.15) is 0 Å². The van der Waals surface area contributed by atoms with Gasteiger partial charge in [-0.3, -0.25) is 0 Å². The smallest absolute Gasteiger partial charge is 0.0160 e. The molecule has 2 aromatic carbocycles. The maximum Gasteiger partial charge on any atom is 0.0160 e. The topological polar surface area (TPSA) is 12.9 Å². The Balaban J connectivity index is 1.95. The van der Waals surface area contributed by atoms with Crippen molar-refractivity contribution >= 4 is 0 Å². The van der Waals surface area contributed by atoms with Crippen molar-refractivity contribution in [3.05, 3.63) is 79.0 Å². The summed E-state index contributed by atoms with van der Waals surface area (Å²) < 4.78 is 0. The number of hydrogen-bond donors (Lipinski definition) is 0. The number of benzene rings is 2. The van der Waals surface area contributed by atoms with E-state index in [4.69, 9.17) is 0 Å². The first kappa shape index (κ1) is 10.7. The molecule has 1 heterocycles. The molecule has 0 aliphatic carbocycles. The molecule has 18 heavy (non-hydrogen) atoms. The second-order valence-electron chi connectivity index (χ2n) is 4.07. The molecule has 0 aliphatic heterocycles. The van der Waals surface area contributed by atoms with E-state index in [0.717, 1.165) is 11.3 Å². The first-order valence-electron chi connectivity index (χ1n) is 5.92. The zero-order valence-corrected chi connectivity index (χ0v) is 9.88. The van der Waals surface area contributed by atoms with E-state index in [1.165, 1.54) is 11.1 Å². The van der Waals surface area contributed by atoms with E-state index in [0.29, 0.717) is 0 Å². The predicted octanol–water partition coefficient (Wildman–Crippen LogP) is 4.22. The summed E-state index contributed by atoms with van der Waals surface area (Å²) in [5.74, 6) is 0. The van der Waals surface area contributed by atoms with E-state index < -0.39 is 0 Å². The molecule has 0 N–H and O–H groups in total. The van der Waals surface area contributed by atoms with Gasteiger partial charge < -0.3 is 4.98 Å². The van der Waals surface area contributed by atoms with Crippen molar-refractivity contribution in [3.8, 4) is 22.4 Å². The fourth-order valence-electron chi connectivity index (χ4n) is 1.92. The molecule has 1 heteroatoms. The van der Waals surface area contributed by atoms with Gasteiger partial charge in [-0.2, -0.15) is 0 Å². The minimum Gasteiger partial charge on any atom is -0.305 e. The van der Waals surface area contributed by atoms with Gasteiger partial charge in [-0.15, -0.1) is 29.8 Å². The molecule has 0 radical (unpaired) electrons. The van der Waals surface area contributed by atoms with Crippen LogP contribution in [-0.2, 0) is 0 Å². The lowest BCUT2D eigenvalue weighted by atomic mass is 10.0. The van der Waals surface area contributed by atoms with Gasteiger partial charge >= 0.3 is 0 Å². The van der Waals surface area contributed by atoms with Gasteiger partial charge in [-0.05, 0) is 11.8 Å². The Labute approximate surface area is 107 Å². The third-order valence-corrected chi connectivity index (χ3v) is 2.86. The summed E-state index contributed by atoms with van der Waals surface area (Å²) in [6.07, 6.45) is 1.80. The van der Waals surface area contributed by atoms with Gasteiger partial charge in [0.2, 0.25) is 0 Å². The highest BCUT2D eigenvalue weighted by Gasteiger charge is 1.92. The highest BCUT2D eigenvalue weighted by atomic mass is 14.7. The largest absolute Gasteiger partial charge is 0.305 e. The van der Waals surface area contributed by atoms with Gasteiger partial charge in [0.25, 0.3) is 0 Å². The van der Waals surface area contributed by atoms with Crippen molar-refractivity contribution in [2.24, 2.45) is 0 Å². The number of hydrogen-bond acceptors (Lipinski definition) is 1. The van der Waals surface area contributed by atoms with Crippen LogP contribution in [0.15, 0.2) is 72.9 Å². The quantitative estimate of drug-likeness (QED) is 0.601. The molecule has 0 amide bonds. The van der Waals surface area contributed by atoms with Crippen molar-refractivity contribution in [3.63, 3.8) is 0 Å². The maximum absolute atomic E-state index is 4.32. The Morgan fingerprint density at radius 1 is 0.722 bits per heavy atom. The second kappa shape index (κ2) is 4.84. The summed E-state index contributed by atoms with van der Waals surface area (Å²) >= 11 is 0. The minimum atomic E-state index is 0.956. The molecule has 0 spiro atoms. The Bertz CT molecular complexity index is 554. The minimum absolute atomic E-state index is 0.956. The molecule has 3 rings (SSSR count). The number of pyridine rings is 1. The first-order valence-corrected chi connectivity index (χ1v) is 5.92. The number of rotatable bonds is 2. The lowest BCUT2D eigenvalue weighted by Gasteiger charge is -2.11. The van der Waals surface area contributed by atoms with Crippen molar-refractivity contribution < 1.29 is 0 Å². The average molecular weight is 230 g/mol. The van der Waals surface area contributed by atoms with Crippen LogP contribution in [0, 0.1) is 6.07 Å². The molecule has 86 valence electrons. The van der Waals surface area contributed by atoms with Crippen LogP contribution < -0.4 is 0 Å². The van der Waals surface area contributed by atoms with Crippen LogP contribution >= 0.6 is 0 Å². The van der Waals surface area contributed by atoms with Crippen LogP contribution in [0.3, 0.4) is 0 Å². The van der Waals surface area contributed by atoms with Crippen LogP contribution in [-0.4, -0.2) is 4.98 Å². The molecule has 1 nitrogen and oxygen atoms in total. The summed E-state index contributed by atoms with van der Waals surface area (Å²) in [5.41, 5.74) is 4.36. The Morgan fingerprint density at radius 2 is 1.56 bits per heavy atom. The third-order valence-electron chi connectivity index (χ3n) is 2.86. The molecule has 0 unspecified atom stereocenters. The van der Waals surface area contributed by atoms with Gasteiger partial charge in [0.05, 0.1) is 0 Å². The molecule has 0 saturated carbocycles. The molecule has 0 saturated heterocycles. The van der Waals surface area contributed by atoms with E-state index in [2.05, 4.69) is 35.3 Å². The Morgan fingerprint density at radius 3 is 2.22 bits per heavy atom. The molecule has 3 aromatic rings. The second-order valence-corrected chi connectivity index (χ2v) is 4.07. The van der Waals surface area contributed by atoms with Gasteiger partial charge in [0, 0.05) is 6.20 Å². The van der Waals surface area contributed by atoms with Gasteiger partial charge in [-0.1, -0.05) is 53.6 Å². The predicted molar refractivity (Wildman–Crippen MR) is 73.9 cm³/mol. The van der Waals surface area contributed by atoms with E-state index in [1.807, 2.05) is 42.5 Å². The van der Waals surface area contributed by atoms with Crippen LogP contribution in [0.25, 0.3) is 22.4 Å². The lowest BCUT2D eigenvalue weighted by Crippen LogP contribution is -1.83. The monoisotopic (exact) mass is 230 g/mol. The standard InChI is InChI=1S/C17H12N/c1-2-6-14(7-3-1)15-9-11-16(12-10-15)17-8-4-5-13-18-17/h1-11,13H/q-1. The zero-order chi connectivity index (χ0) is 12.2. The normalized spacial score (nSPS) is 10.2. The summed E-state index contributed by atoms with van der Waals surface area (Å²) in [4.78, 5) is 4.32. The third kappa shape index (κ3) is 2.16. The van der Waals surface area contributed by atoms with Gasteiger partial charge in [-0.25, -0.2) is 0 Å². The maximum atomic E-state index is 4.32. The Hall–Kier alpha value is -2.41. The van der Waals surface area contributed by atoms with E-state index in [-0.39, 0.29) is 0 Å².